The van der Waals surface area contributed by atoms with Crippen molar-refractivity contribution in [2.75, 3.05) is 31.2 Å². The van der Waals surface area contributed by atoms with Crippen molar-refractivity contribution in [3.05, 3.63) is 29.3 Å². The molecule has 0 aliphatic carbocycles. The number of hydroxylamine groups is 1. The van der Waals surface area contributed by atoms with E-state index in [1.807, 2.05) is 12.1 Å². The molecule has 1 atom stereocenters. The van der Waals surface area contributed by atoms with Gasteiger partial charge in [0.05, 0.1) is 18.2 Å². The molecule has 0 radical (unpaired) electrons. The zero-order valence-corrected chi connectivity index (χ0v) is 16.1. The summed E-state index contributed by atoms with van der Waals surface area (Å²) in [5, 5.41) is 13.7. The fraction of sp³-hybridized carbons (Fsp3) is 0.600. The van der Waals surface area contributed by atoms with E-state index in [-0.39, 0.29) is 18.4 Å². The van der Waals surface area contributed by atoms with Gasteiger partial charge in [-0.3, -0.25) is 19.3 Å². The van der Waals surface area contributed by atoms with Crippen molar-refractivity contribution in [3.8, 4) is 0 Å². The second kappa shape index (κ2) is 8.82. The van der Waals surface area contributed by atoms with Crippen molar-refractivity contribution in [2.24, 2.45) is 0 Å². The van der Waals surface area contributed by atoms with Crippen LogP contribution < -0.4 is 10.4 Å². The van der Waals surface area contributed by atoms with Crippen molar-refractivity contribution in [2.45, 2.75) is 51.7 Å². The summed E-state index contributed by atoms with van der Waals surface area (Å²) in [6.07, 6.45) is 1.95. The van der Waals surface area contributed by atoms with Gasteiger partial charge in [0, 0.05) is 26.6 Å². The molecule has 148 valence electrons. The summed E-state index contributed by atoms with van der Waals surface area (Å²) in [5.74, 6) is -0.590. The number of piperidine rings is 1. The number of rotatable bonds is 6. The van der Waals surface area contributed by atoms with Gasteiger partial charge in [0.2, 0.25) is 5.91 Å². The molecule has 1 fully saturated rings. The third kappa shape index (κ3) is 5.06. The summed E-state index contributed by atoms with van der Waals surface area (Å²) in [6.45, 7) is 7.54. The van der Waals surface area contributed by atoms with Gasteiger partial charge in [-0.05, 0) is 55.1 Å². The Morgan fingerprint density at radius 3 is 2.74 bits per heavy atom. The van der Waals surface area contributed by atoms with Gasteiger partial charge in [-0.15, -0.1) is 0 Å². The van der Waals surface area contributed by atoms with E-state index in [2.05, 4.69) is 23.2 Å². The Morgan fingerprint density at radius 2 is 2.07 bits per heavy atom. The Morgan fingerprint density at radius 1 is 1.33 bits per heavy atom. The first-order valence-corrected chi connectivity index (χ1v) is 9.69. The molecule has 1 saturated heterocycles. The number of aliphatic carboxylic acids is 1. The van der Waals surface area contributed by atoms with E-state index < -0.39 is 5.97 Å². The van der Waals surface area contributed by atoms with Crippen LogP contribution in [-0.4, -0.2) is 54.2 Å². The van der Waals surface area contributed by atoms with Crippen molar-refractivity contribution < 1.29 is 19.5 Å². The highest BCUT2D eigenvalue weighted by molar-refractivity contribution is 5.89. The lowest BCUT2D eigenvalue weighted by Crippen LogP contribution is -2.40. The SMILES string of the molecule is CC(=O)N(OC1CCNCC1)c1ccc2c(c1)CN(CCC(=O)O)CC2C. The van der Waals surface area contributed by atoms with Gasteiger partial charge in [0.15, 0.2) is 0 Å². The van der Waals surface area contributed by atoms with Gasteiger partial charge < -0.3 is 10.4 Å². The third-order valence-electron chi connectivity index (χ3n) is 5.29. The number of nitrogens with one attached hydrogen (secondary N) is 1. The Hall–Kier alpha value is -1.96. The highest BCUT2D eigenvalue weighted by Crippen LogP contribution is 2.32. The van der Waals surface area contributed by atoms with E-state index >= 15 is 0 Å². The second-order valence-electron chi connectivity index (χ2n) is 7.53. The summed E-state index contributed by atoms with van der Waals surface area (Å²) in [6, 6.07) is 6.04. The van der Waals surface area contributed by atoms with Gasteiger partial charge in [0.25, 0.3) is 0 Å². The number of anilines is 1. The van der Waals surface area contributed by atoms with Crippen LogP contribution in [0.3, 0.4) is 0 Å². The zero-order valence-electron chi connectivity index (χ0n) is 16.1. The molecule has 2 aliphatic rings. The van der Waals surface area contributed by atoms with Gasteiger partial charge in [0.1, 0.15) is 0 Å². The van der Waals surface area contributed by atoms with Crippen molar-refractivity contribution in [1.82, 2.24) is 10.2 Å². The van der Waals surface area contributed by atoms with E-state index in [0.29, 0.717) is 19.0 Å². The summed E-state index contributed by atoms with van der Waals surface area (Å²) in [7, 11) is 0. The summed E-state index contributed by atoms with van der Waals surface area (Å²) in [5.41, 5.74) is 3.14. The normalized spacial score (nSPS) is 20.9. The minimum Gasteiger partial charge on any atom is -0.481 e. The van der Waals surface area contributed by atoms with Crippen molar-refractivity contribution >= 4 is 17.6 Å². The molecule has 7 heteroatoms. The van der Waals surface area contributed by atoms with Gasteiger partial charge in [-0.2, -0.15) is 5.06 Å². The first-order valence-electron chi connectivity index (χ1n) is 9.69. The molecule has 0 aromatic heterocycles. The Labute approximate surface area is 160 Å². The molecule has 2 N–H and O–H groups in total. The molecule has 1 aromatic carbocycles. The van der Waals surface area contributed by atoms with E-state index in [1.54, 1.807) is 0 Å². The fourth-order valence-electron chi connectivity index (χ4n) is 3.92. The van der Waals surface area contributed by atoms with Crippen LogP contribution >= 0.6 is 0 Å². The van der Waals surface area contributed by atoms with E-state index in [0.717, 1.165) is 43.7 Å². The topological polar surface area (TPSA) is 82.1 Å². The Bertz CT molecular complexity index is 688. The molecule has 0 bridgehead atoms. The molecule has 7 nitrogen and oxygen atoms in total. The van der Waals surface area contributed by atoms with E-state index in [9.17, 15) is 9.59 Å². The van der Waals surface area contributed by atoms with Crippen LogP contribution in [-0.2, 0) is 21.0 Å². The van der Waals surface area contributed by atoms with Crippen LogP contribution in [0.15, 0.2) is 18.2 Å². The number of carboxylic acids is 1. The monoisotopic (exact) mass is 375 g/mol. The van der Waals surface area contributed by atoms with Crippen LogP contribution in [0.1, 0.15) is 50.2 Å². The molecule has 2 heterocycles. The number of nitrogens with zero attached hydrogens (tertiary/aromatic N) is 2. The molecule has 0 saturated carbocycles. The van der Waals surface area contributed by atoms with Gasteiger partial charge in [-0.25, -0.2) is 0 Å². The molecule has 1 aromatic rings. The van der Waals surface area contributed by atoms with Crippen LogP contribution in [0, 0.1) is 0 Å². The number of carbonyl (C=O) groups excluding carboxylic acids is 1. The average Bonchev–Trinajstić information content (AvgIpc) is 2.64. The summed E-state index contributed by atoms with van der Waals surface area (Å²) < 4.78 is 0. The molecule has 3 rings (SSSR count). The molecule has 27 heavy (non-hydrogen) atoms. The smallest absolute Gasteiger partial charge is 0.304 e. The summed E-state index contributed by atoms with van der Waals surface area (Å²) >= 11 is 0. The maximum absolute atomic E-state index is 12.2. The second-order valence-corrected chi connectivity index (χ2v) is 7.53. The van der Waals surface area contributed by atoms with Gasteiger partial charge >= 0.3 is 5.97 Å². The van der Waals surface area contributed by atoms with Crippen molar-refractivity contribution in [1.29, 1.82) is 0 Å². The Balaban J connectivity index is 1.77. The number of hydrogen-bond donors (Lipinski definition) is 2. The first-order chi connectivity index (χ1) is 12.9. The van der Waals surface area contributed by atoms with Crippen molar-refractivity contribution in [3.63, 3.8) is 0 Å². The molecular formula is C20H29N3O4. The van der Waals surface area contributed by atoms with Crippen LogP contribution in [0.4, 0.5) is 5.69 Å². The summed E-state index contributed by atoms with van der Waals surface area (Å²) in [4.78, 5) is 31.3. The number of carboxylic acid groups (broad SMARTS) is 1. The van der Waals surface area contributed by atoms with Crippen LogP contribution in [0.2, 0.25) is 0 Å². The van der Waals surface area contributed by atoms with Gasteiger partial charge in [-0.1, -0.05) is 13.0 Å². The van der Waals surface area contributed by atoms with Crippen LogP contribution in [0.25, 0.3) is 0 Å². The average molecular weight is 375 g/mol. The number of amides is 1. The predicted molar refractivity (Wildman–Crippen MR) is 103 cm³/mol. The fourth-order valence-corrected chi connectivity index (χ4v) is 3.92. The minimum atomic E-state index is -0.777. The predicted octanol–water partition coefficient (Wildman–Crippen LogP) is 2.12. The maximum Gasteiger partial charge on any atom is 0.304 e. The van der Waals surface area contributed by atoms with E-state index in [1.165, 1.54) is 17.6 Å². The zero-order chi connectivity index (χ0) is 19.4. The Kier molecular flexibility index (Phi) is 6.46. The number of carbonyl (C=O) groups is 2. The first kappa shape index (κ1) is 19.8. The highest BCUT2D eigenvalue weighted by atomic mass is 16.7. The lowest BCUT2D eigenvalue weighted by molar-refractivity contribution is -0.137. The molecule has 1 amide bonds. The molecule has 0 spiro atoms. The largest absolute Gasteiger partial charge is 0.481 e. The highest BCUT2D eigenvalue weighted by Gasteiger charge is 2.26. The number of fused-ring (bicyclic) bond motifs is 1. The maximum atomic E-state index is 12.2. The molecule has 2 aliphatic heterocycles. The number of hydrogen-bond acceptors (Lipinski definition) is 5. The lowest BCUT2D eigenvalue weighted by atomic mass is 9.90. The lowest BCUT2D eigenvalue weighted by Gasteiger charge is -2.34. The standard InChI is InChI=1S/C20H29N3O4/c1-14-12-22(10-7-20(25)26)13-16-11-17(3-4-19(14)16)23(15(2)24)27-18-5-8-21-9-6-18/h3-4,11,14,18,21H,5-10,12-13H2,1-2H3,(H,25,26). The minimum absolute atomic E-state index is 0.0390. The molecule has 1 unspecified atom stereocenters. The number of benzene rings is 1. The van der Waals surface area contributed by atoms with Crippen LogP contribution in [0.5, 0.6) is 0 Å². The molecular weight excluding hydrogens is 346 g/mol. The third-order valence-corrected chi connectivity index (χ3v) is 5.29. The van der Waals surface area contributed by atoms with E-state index in [4.69, 9.17) is 9.94 Å². The quantitative estimate of drug-likeness (QED) is 0.741.